The number of piperidine rings is 1. The molecule has 1 fully saturated rings. The third kappa shape index (κ3) is 6.87. The Hall–Kier alpha value is -3.80. The van der Waals surface area contributed by atoms with Crippen LogP contribution < -0.4 is 20.9 Å². The van der Waals surface area contributed by atoms with Crippen molar-refractivity contribution in [1.29, 1.82) is 0 Å². The summed E-state index contributed by atoms with van der Waals surface area (Å²) in [5, 5.41) is 0. The van der Waals surface area contributed by atoms with Crippen LogP contribution in [-0.2, 0) is 16.0 Å². The van der Waals surface area contributed by atoms with Crippen LogP contribution in [0.3, 0.4) is 0 Å². The van der Waals surface area contributed by atoms with E-state index in [0.29, 0.717) is 31.5 Å². The van der Waals surface area contributed by atoms with Crippen molar-refractivity contribution in [2.75, 3.05) is 13.1 Å². The molecule has 0 radical (unpaired) electrons. The van der Waals surface area contributed by atoms with E-state index in [1.54, 1.807) is 25.7 Å². The summed E-state index contributed by atoms with van der Waals surface area (Å²) in [5.41, 5.74) is 11.6. The fourth-order valence-corrected chi connectivity index (χ4v) is 3.59. The Morgan fingerprint density at radius 1 is 1.17 bits per heavy atom. The zero-order valence-electron chi connectivity index (χ0n) is 20.4. The fourth-order valence-electron chi connectivity index (χ4n) is 3.59. The Labute approximate surface area is 207 Å². The highest BCUT2D eigenvalue weighted by Crippen LogP contribution is 2.26. The minimum absolute atomic E-state index is 0.0118. The fraction of sp³-hybridized carbons (Fsp3) is 0.458. The van der Waals surface area contributed by atoms with E-state index in [1.807, 2.05) is 0 Å². The van der Waals surface area contributed by atoms with E-state index >= 15 is 0 Å². The maximum atomic E-state index is 14.2. The van der Waals surface area contributed by atoms with E-state index in [4.69, 9.17) is 25.7 Å². The molecule has 11 nitrogen and oxygen atoms in total. The van der Waals surface area contributed by atoms with Crippen molar-refractivity contribution in [2.24, 2.45) is 11.5 Å². The Morgan fingerprint density at radius 2 is 1.83 bits per heavy atom. The molecule has 0 spiro atoms. The number of halogens is 1. The molecule has 2 heterocycles. The van der Waals surface area contributed by atoms with E-state index < -0.39 is 23.7 Å². The Bertz CT molecular complexity index is 1120. The lowest BCUT2D eigenvalue weighted by molar-refractivity contribution is -0.136. The van der Waals surface area contributed by atoms with Gasteiger partial charge in [-0.15, -0.1) is 0 Å². The summed E-state index contributed by atoms with van der Waals surface area (Å²) in [6.45, 7) is 6.19. The number of primary amides is 1. The Morgan fingerprint density at radius 3 is 2.44 bits per heavy atom. The molecule has 0 saturated carbocycles. The third-order valence-electron chi connectivity index (χ3n) is 5.58. The van der Waals surface area contributed by atoms with Crippen LogP contribution in [-0.4, -0.2) is 64.2 Å². The number of likely N-dealkylation sites (tertiary alicyclic amines) is 1. The first-order valence-corrected chi connectivity index (χ1v) is 11.5. The molecule has 0 bridgehead atoms. The van der Waals surface area contributed by atoms with Gasteiger partial charge in [0.05, 0.1) is 11.7 Å². The maximum Gasteiger partial charge on any atom is 0.410 e. The average molecular weight is 504 g/mol. The second-order valence-corrected chi connectivity index (χ2v) is 8.75. The molecule has 0 unspecified atom stereocenters. The Balaban J connectivity index is 1.58. The smallest absolute Gasteiger partial charge is 0.410 e. The van der Waals surface area contributed by atoms with Crippen molar-refractivity contribution < 1.29 is 33.0 Å². The molecule has 3 rings (SSSR count). The minimum Gasteiger partial charge on any atom is -0.474 e. The zero-order chi connectivity index (χ0) is 26.4. The van der Waals surface area contributed by atoms with Gasteiger partial charge in [0, 0.05) is 37.9 Å². The summed E-state index contributed by atoms with van der Waals surface area (Å²) in [4.78, 5) is 45.5. The number of nitrogens with zero attached hydrogens (tertiary/aromatic N) is 3. The molecule has 4 N–H and O–H groups in total. The number of nitrogens with two attached hydrogens (primary N) is 2. The van der Waals surface area contributed by atoms with Crippen molar-refractivity contribution in [3.63, 3.8) is 0 Å². The monoisotopic (exact) mass is 503 g/mol. The molecule has 12 heteroatoms. The van der Waals surface area contributed by atoms with Gasteiger partial charge in [-0.25, -0.2) is 23.9 Å². The van der Waals surface area contributed by atoms with Gasteiger partial charge in [-0.05, 0) is 38.5 Å². The second-order valence-electron chi connectivity index (χ2n) is 8.75. The SMILES string of the molecule is Cc1c(OC(=O)[C@@H](N)Cc2ccc(C(N)=O)cc2F)ncnc1OC1CCN(C(=O)OC(C)C)CC1. The largest absolute Gasteiger partial charge is 0.474 e. The van der Waals surface area contributed by atoms with Gasteiger partial charge in [-0.3, -0.25) is 4.79 Å². The number of aromatic nitrogens is 2. The number of carbonyl (C=O) groups is 3. The number of rotatable bonds is 8. The zero-order valence-corrected chi connectivity index (χ0v) is 20.4. The molecule has 194 valence electrons. The molecule has 1 aromatic carbocycles. The molecule has 1 aliphatic rings. The van der Waals surface area contributed by atoms with Crippen molar-refractivity contribution in [1.82, 2.24) is 14.9 Å². The lowest BCUT2D eigenvalue weighted by Crippen LogP contribution is -2.42. The summed E-state index contributed by atoms with van der Waals surface area (Å²) >= 11 is 0. The van der Waals surface area contributed by atoms with Crippen LogP contribution in [0.15, 0.2) is 24.5 Å². The number of benzene rings is 1. The van der Waals surface area contributed by atoms with Crippen LogP contribution in [0, 0.1) is 12.7 Å². The summed E-state index contributed by atoms with van der Waals surface area (Å²) in [6, 6.07) is 2.51. The van der Waals surface area contributed by atoms with Crippen molar-refractivity contribution in [2.45, 2.75) is 58.3 Å². The highest BCUT2D eigenvalue weighted by Gasteiger charge is 2.27. The predicted molar refractivity (Wildman–Crippen MR) is 126 cm³/mol. The molecule has 0 aliphatic carbocycles. The summed E-state index contributed by atoms with van der Waals surface area (Å²) in [7, 11) is 0. The van der Waals surface area contributed by atoms with Gasteiger partial charge < -0.3 is 30.6 Å². The van der Waals surface area contributed by atoms with Crippen molar-refractivity contribution >= 4 is 18.0 Å². The van der Waals surface area contributed by atoms with Crippen molar-refractivity contribution in [3.8, 4) is 11.8 Å². The quantitative estimate of drug-likeness (QED) is 0.513. The number of carbonyl (C=O) groups excluding carboxylic acids is 3. The van der Waals surface area contributed by atoms with Gasteiger partial charge in [0.1, 0.15) is 24.3 Å². The standard InChI is InChI=1S/C24H30FN5O6/c1-13(2)34-24(33)30-8-6-17(7-9-30)35-21-14(3)22(29-12-28-21)36-23(32)19(26)11-15-4-5-16(20(27)31)10-18(15)25/h4-5,10,12-13,17,19H,6-9,11,26H2,1-3H3,(H2,27,31)/t19-/m0/s1. The Kier molecular flexibility index (Phi) is 8.75. The summed E-state index contributed by atoms with van der Waals surface area (Å²) in [5.74, 6) is -2.06. The van der Waals surface area contributed by atoms with Crippen LogP contribution in [0.5, 0.6) is 11.8 Å². The molecule has 1 aromatic heterocycles. The number of hydrogen-bond acceptors (Lipinski definition) is 9. The van der Waals surface area contributed by atoms with Crippen LogP contribution in [0.4, 0.5) is 9.18 Å². The highest BCUT2D eigenvalue weighted by molar-refractivity contribution is 5.92. The molecule has 36 heavy (non-hydrogen) atoms. The lowest BCUT2D eigenvalue weighted by Gasteiger charge is -2.31. The van der Waals surface area contributed by atoms with E-state index in [-0.39, 0.29) is 47.6 Å². The molecule has 1 aliphatic heterocycles. The minimum atomic E-state index is -1.19. The molecule has 1 saturated heterocycles. The van der Waals surface area contributed by atoms with Gasteiger partial charge in [0.2, 0.25) is 17.7 Å². The van der Waals surface area contributed by atoms with E-state index in [9.17, 15) is 18.8 Å². The molecule has 2 amide bonds. The van der Waals surface area contributed by atoms with Crippen LogP contribution in [0.2, 0.25) is 0 Å². The van der Waals surface area contributed by atoms with Gasteiger partial charge in [-0.2, -0.15) is 0 Å². The molecular weight excluding hydrogens is 473 g/mol. The maximum absolute atomic E-state index is 14.2. The van der Waals surface area contributed by atoms with Gasteiger partial charge in [0.25, 0.3) is 0 Å². The lowest BCUT2D eigenvalue weighted by atomic mass is 10.0. The summed E-state index contributed by atoms with van der Waals surface area (Å²) < 4.78 is 30.8. The molecular formula is C24H30FN5O6. The first-order chi connectivity index (χ1) is 17.0. The number of amides is 2. The second kappa shape index (κ2) is 11.8. The van der Waals surface area contributed by atoms with Crippen molar-refractivity contribution in [3.05, 3.63) is 47.0 Å². The van der Waals surface area contributed by atoms with E-state index in [2.05, 4.69) is 9.97 Å². The van der Waals surface area contributed by atoms with Crippen LogP contribution in [0.1, 0.15) is 48.2 Å². The third-order valence-corrected chi connectivity index (χ3v) is 5.58. The van der Waals surface area contributed by atoms with Gasteiger partial charge >= 0.3 is 12.1 Å². The van der Waals surface area contributed by atoms with Crippen LogP contribution >= 0.6 is 0 Å². The average Bonchev–Trinajstić information content (AvgIpc) is 2.82. The van der Waals surface area contributed by atoms with E-state index in [0.717, 1.165) is 6.07 Å². The predicted octanol–water partition coefficient (Wildman–Crippen LogP) is 1.89. The number of esters is 1. The van der Waals surface area contributed by atoms with Gasteiger partial charge in [-0.1, -0.05) is 6.07 Å². The topological polar surface area (TPSA) is 160 Å². The number of hydrogen-bond donors (Lipinski definition) is 2. The van der Waals surface area contributed by atoms with Crippen LogP contribution in [0.25, 0.3) is 0 Å². The first kappa shape index (κ1) is 26.8. The van der Waals surface area contributed by atoms with E-state index in [1.165, 1.54) is 18.5 Å². The van der Waals surface area contributed by atoms with Gasteiger partial charge in [0.15, 0.2) is 0 Å². The molecule has 2 aromatic rings. The highest BCUT2D eigenvalue weighted by atomic mass is 19.1. The normalized spacial score (nSPS) is 14.9. The number of ether oxygens (including phenoxy) is 3. The first-order valence-electron chi connectivity index (χ1n) is 11.5. The summed E-state index contributed by atoms with van der Waals surface area (Å²) in [6.07, 6.45) is 1.47. The molecule has 1 atom stereocenters.